The van der Waals surface area contributed by atoms with Crippen LogP contribution >= 0.6 is 0 Å². The van der Waals surface area contributed by atoms with Gasteiger partial charge in [0.1, 0.15) is 19.0 Å². The fraction of sp³-hybridized carbons (Fsp3) is 0.333. The van der Waals surface area contributed by atoms with Crippen LogP contribution in [0.25, 0.3) is 0 Å². The number of aliphatic hydroxyl groups excluding tert-OH is 1. The number of alkyl carbamates (subject to hydrolysis) is 1. The Morgan fingerprint density at radius 2 is 2.12 bits per heavy atom. The fourth-order valence-electron chi connectivity index (χ4n) is 1.16. The first-order valence-electron chi connectivity index (χ1n) is 5.30. The second-order valence-electron chi connectivity index (χ2n) is 3.48. The number of ether oxygens (including phenoxy) is 1. The monoisotopic (exact) mass is 237 g/mol. The maximum Gasteiger partial charge on any atom is 0.407 e. The molecule has 0 spiro atoms. The molecule has 0 saturated heterocycles. The minimum absolute atomic E-state index is 0.184. The molecule has 0 heterocycles. The van der Waals surface area contributed by atoms with Gasteiger partial charge in [-0.25, -0.2) is 4.79 Å². The minimum Gasteiger partial charge on any atom is -0.445 e. The SMILES string of the molecule is O=C[C@@H](O)CCNC(=O)OCc1ccccc1. The minimum atomic E-state index is -1.04. The first-order valence-corrected chi connectivity index (χ1v) is 5.30. The van der Waals surface area contributed by atoms with Crippen LogP contribution < -0.4 is 5.32 Å². The van der Waals surface area contributed by atoms with Crippen molar-refractivity contribution in [1.82, 2.24) is 5.32 Å². The van der Waals surface area contributed by atoms with Gasteiger partial charge in [-0.05, 0) is 12.0 Å². The van der Waals surface area contributed by atoms with Crippen molar-refractivity contribution in [3.63, 3.8) is 0 Å². The molecule has 1 atom stereocenters. The average Bonchev–Trinajstić information content (AvgIpc) is 2.37. The second-order valence-corrected chi connectivity index (χ2v) is 3.48. The molecule has 0 unspecified atom stereocenters. The molecule has 0 aliphatic heterocycles. The maximum atomic E-state index is 11.2. The number of hydrogen-bond donors (Lipinski definition) is 2. The lowest BCUT2D eigenvalue weighted by molar-refractivity contribution is -0.115. The summed E-state index contributed by atoms with van der Waals surface area (Å²) < 4.78 is 4.92. The summed E-state index contributed by atoms with van der Waals surface area (Å²) in [4.78, 5) is 21.3. The van der Waals surface area contributed by atoms with Crippen molar-refractivity contribution in [2.45, 2.75) is 19.1 Å². The first-order chi connectivity index (χ1) is 8.22. The third-order valence-corrected chi connectivity index (χ3v) is 2.08. The summed E-state index contributed by atoms with van der Waals surface area (Å²) in [7, 11) is 0. The number of nitrogens with one attached hydrogen (secondary N) is 1. The molecule has 2 N–H and O–H groups in total. The molecule has 1 aromatic carbocycles. The molecule has 0 aliphatic carbocycles. The van der Waals surface area contributed by atoms with Gasteiger partial charge >= 0.3 is 6.09 Å². The molecule has 17 heavy (non-hydrogen) atoms. The van der Waals surface area contributed by atoms with Crippen LogP contribution in [-0.2, 0) is 16.1 Å². The lowest BCUT2D eigenvalue weighted by Crippen LogP contribution is -2.28. The number of carbonyl (C=O) groups excluding carboxylic acids is 2. The summed E-state index contributed by atoms with van der Waals surface area (Å²) in [5, 5.41) is 11.4. The van der Waals surface area contributed by atoms with Crippen LogP contribution in [-0.4, -0.2) is 30.1 Å². The van der Waals surface area contributed by atoms with E-state index in [1.165, 1.54) is 0 Å². The van der Waals surface area contributed by atoms with Crippen molar-refractivity contribution >= 4 is 12.4 Å². The average molecular weight is 237 g/mol. The predicted octanol–water partition coefficient (Wildman–Crippen LogP) is 0.863. The predicted molar refractivity (Wildman–Crippen MR) is 61.3 cm³/mol. The van der Waals surface area contributed by atoms with Gasteiger partial charge in [0.2, 0.25) is 0 Å². The largest absolute Gasteiger partial charge is 0.445 e. The molecule has 5 nitrogen and oxygen atoms in total. The molecule has 0 saturated carbocycles. The Kier molecular flexibility index (Phi) is 5.74. The van der Waals surface area contributed by atoms with Crippen molar-refractivity contribution in [1.29, 1.82) is 0 Å². The van der Waals surface area contributed by atoms with Crippen LogP contribution in [0.4, 0.5) is 4.79 Å². The van der Waals surface area contributed by atoms with E-state index in [0.717, 1.165) is 5.56 Å². The van der Waals surface area contributed by atoms with E-state index in [9.17, 15) is 9.59 Å². The van der Waals surface area contributed by atoms with Crippen LogP contribution in [0, 0.1) is 0 Å². The molecule has 1 amide bonds. The Hall–Kier alpha value is -1.88. The van der Waals surface area contributed by atoms with Gasteiger partial charge in [-0.1, -0.05) is 30.3 Å². The van der Waals surface area contributed by atoms with Crippen molar-refractivity contribution in [3.8, 4) is 0 Å². The lowest BCUT2D eigenvalue weighted by atomic mass is 10.2. The standard InChI is InChI=1S/C12H15NO4/c14-8-11(15)6-7-13-12(16)17-9-10-4-2-1-3-5-10/h1-5,8,11,15H,6-7,9H2,(H,13,16)/t11-/m0/s1. The number of carbonyl (C=O) groups is 2. The van der Waals surface area contributed by atoms with Crippen molar-refractivity contribution in [2.24, 2.45) is 0 Å². The number of hydrogen-bond acceptors (Lipinski definition) is 4. The van der Waals surface area contributed by atoms with Crippen LogP contribution in [0.5, 0.6) is 0 Å². The summed E-state index contributed by atoms with van der Waals surface area (Å²) in [6, 6.07) is 9.30. The summed E-state index contributed by atoms with van der Waals surface area (Å²) in [5.41, 5.74) is 0.899. The van der Waals surface area contributed by atoms with Crippen molar-refractivity contribution < 1.29 is 19.4 Å². The van der Waals surface area contributed by atoms with Gasteiger partial charge in [-0.3, -0.25) is 0 Å². The van der Waals surface area contributed by atoms with Gasteiger partial charge in [0.05, 0.1) is 0 Å². The summed E-state index contributed by atoms with van der Waals surface area (Å²) in [5.74, 6) is 0. The number of amides is 1. The molecule has 0 aliphatic rings. The van der Waals surface area contributed by atoms with Gasteiger partial charge in [-0.2, -0.15) is 0 Å². The number of aliphatic hydroxyl groups is 1. The quantitative estimate of drug-likeness (QED) is 0.720. The fourth-order valence-corrected chi connectivity index (χ4v) is 1.16. The normalized spacial score (nSPS) is 11.6. The highest BCUT2D eigenvalue weighted by Gasteiger charge is 2.04. The Balaban J connectivity index is 2.15. The van der Waals surface area contributed by atoms with E-state index in [1.807, 2.05) is 30.3 Å². The second kappa shape index (κ2) is 7.40. The summed E-state index contributed by atoms with van der Waals surface area (Å²) in [6.45, 7) is 0.399. The van der Waals surface area contributed by atoms with Gasteiger partial charge < -0.3 is 20.0 Å². The smallest absolute Gasteiger partial charge is 0.407 e. The summed E-state index contributed by atoms with van der Waals surface area (Å²) >= 11 is 0. The van der Waals surface area contributed by atoms with Crippen molar-refractivity contribution in [3.05, 3.63) is 35.9 Å². The van der Waals surface area contributed by atoms with E-state index >= 15 is 0 Å². The zero-order valence-electron chi connectivity index (χ0n) is 9.33. The lowest BCUT2D eigenvalue weighted by Gasteiger charge is -2.07. The number of aldehydes is 1. The highest BCUT2D eigenvalue weighted by Crippen LogP contribution is 2.00. The van der Waals surface area contributed by atoms with E-state index in [0.29, 0.717) is 6.29 Å². The third kappa shape index (κ3) is 5.67. The van der Waals surface area contributed by atoms with E-state index in [2.05, 4.69) is 5.32 Å². The highest BCUT2D eigenvalue weighted by atomic mass is 16.5. The maximum absolute atomic E-state index is 11.2. The van der Waals surface area contributed by atoms with Gasteiger partial charge in [0.15, 0.2) is 0 Å². The van der Waals surface area contributed by atoms with Crippen molar-refractivity contribution in [2.75, 3.05) is 6.54 Å². The molecule has 5 heteroatoms. The third-order valence-electron chi connectivity index (χ3n) is 2.08. The van der Waals surface area contributed by atoms with E-state index in [-0.39, 0.29) is 19.6 Å². The Morgan fingerprint density at radius 1 is 1.41 bits per heavy atom. The molecule has 1 aromatic rings. The number of rotatable bonds is 6. The molecule has 0 aromatic heterocycles. The molecule has 92 valence electrons. The van der Waals surface area contributed by atoms with Gasteiger partial charge in [0.25, 0.3) is 0 Å². The Bertz CT molecular complexity index is 353. The molecule has 0 fully saturated rings. The topological polar surface area (TPSA) is 75.6 Å². The molecular weight excluding hydrogens is 222 g/mol. The highest BCUT2D eigenvalue weighted by molar-refractivity contribution is 5.67. The Labute approximate surface area is 99.4 Å². The first kappa shape index (κ1) is 13.2. The summed E-state index contributed by atoms with van der Waals surface area (Å²) in [6.07, 6.45) is -0.989. The van der Waals surface area contributed by atoms with Crippen LogP contribution in [0.2, 0.25) is 0 Å². The molecule has 1 rings (SSSR count). The van der Waals surface area contributed by atoms with E-state index in [4.69, 9.17) is 9.84 Å². The Morgan fingerprint density at radius 3 is 2.76 bits per heavy atom. The van der Waals surface area contributed by atoms with Gasteiger partial charge in [0, 0.05) is 6.54 Å². The van der Waals surface area contributed by atoms with Crippen LogP contribution in [0.1, 0.15) is 12.0 Å². The van der Waals surface area contributed by atoms with Crippen LogP contribution in [0.3, 0.4) is 0 Å². The zero-order valence-corrected chi connectivity index (χ0v) is 9.33. The zero-order chi connectivity index (χ0) is 12.5. The van der Waals surface area contributed by atoms with Gasteiger partial charge in [-0.15, -0.1) is 0 Å². The number of benzene rings is 1. The molecular formula is C12H15NO4. The molecule has 0 bridgehead atoms. The van der Waals surface area contributed by atoms with E-state index < -0.39 is 12.2 Å². The van der Waals surface area contributed by atoms with E-state index in [1.54, 1.807) is 0 Å². The van der Waals surface area contributed by atoms with Crippen LogP contribution in [0.15, 0.2) is 30.3 Å². The molecule has 0 radical (unpaired) electrons.